The molecule has 1 N–H and O–H groups in total. The van der Waals surface area contributed by atoms with Crippen LogP contribution in [0.2, 0.25) is 10.0 Å². The maximum absolute atomic E-state index is 13.5. The van der Waals surface area contributed by atoms with Crippen molar-refractivity contribution in [2.24, 2.45) is 0 Å². The molecule has 0 bridgehead atoms. The van der Waals surface area contributed by atoms with Gasteiger partial charge in [-0.1, -0.05) is 35.0 Å². The summed E-state index contributed by atoms with van der Waals surface area (Å²) < 4.78 is 28.5. The van der Waals surface area contributed by atoms with E-state index >= 15 is 0 Å². The zero-order valence-corrected chi connectivity index (χ0v) is 21.5. The largest absolute Gasteiger partial charge is 0.360 e. The van der Waals surface area contributed by atoms with Crippen molar-refractivity contribution in [3.8, 4) is 6.07 Å². The van der Waals surface area contributed by atoms with Crippen LogP contribution in [0.3, 0.4) is 0 Å². The first-order chi connectivity index (χ1) is 15.1. The third-order valence-corrected chi connectivity index (χ3v) is 8.62. The molecule has 1 fully saturated rings. The smallest absolute Gasteiger partial charge is 0.244 e. The van der Waals surface area contributed by atoms with Gasteiger partial charge < -0.3 is 10.2 Å². The van der Waals surface area contributed by atoms with Crippen LogP contribution in [0.4, 0.5) is 0 Å². The van der Waals surface area contributed by atoms with E-state index < -0.39 is 10.0 Å². The molecule has 2 aromatic carbocycles. The molecule has 11 heteroatoms. The second-order valence-electron chi connectivity index (χ2n) is 7.48. The summed E-state index contributed by atoms with van der Waals surface area (Å²) in [5, 5.41) is 14.1. The summed E-state index contributed by atoms with van der Waals surface area (Å²) in [5.41, 5.74) is 0.276. The molecule has 0 amide bonds. The van der Waals surface area contributed by atoms with Gasteiger partial charge in [-0.05, 0) is 62.5 Å². The highest BCUT2D eigenvalue weighted by Gasteiger charge is 2.31. The molecule has 170 valence electrons. The van der Waals surface area contributed by atoms with E-state index in [0.717, 1.165) is 0 Å². The monoisotopic (exact) mass is 528 g/mol. The average molecular weight is 530 g/mol. The molecule has 3 rings (SSSR count). The summed E-state index contributed by atoms with van der Waals surface area (Å²) in [6.07, 6.45) is 0. The molecule has 0 aliphatic carbocycles. The number of nitriles is 1. The first kappa shape index (κ1) is 25.1. The lowest BCUT2D eigenvalue weighted by molar-refractivity contribution is 0.262. The zero-order chi connectivity index (χ0) is 23.5. The summed E-state index contributed by atoms with van der Waals surface area (Å²) in [6, 6.07) is 11.9. The molecule has 1 aliphatic rings. The van der Waals surface area contributed by atoms with Gasteiger partial charge in [-0.15, -0.1) is 0 Å². The topological polar surface area (TPSA) is 76.4 Å². The first-order valence-electron chi connectivity index (χ1n) is 9.84. The van der Waals surface area contributed by atoms with Gasteiger partial charge >= 0.3 is 0 Å². The van der Waals surface area contributed by atoms with Gasteiger partial charge in [0.15, 0.2) is 5.11 Å². The van der Waals surface area contributed by atoms with Gasteiger partial charge in [0.1, 0.15) is 0 Å². The van der Waals surface area contributed by atoms with Crippen molar-refractivity contribution in [1.29, 1.82) is 5.26 Å². The Balaban J connectivity index is 1.87. The molecular formula is C21H22Cl2N4O2S3. The van der Waals surface area contributed by atoms with Crippen LogP contribution in [-0.2, 0) is 10.0 Å². The standard InChI is InChI=1S/C21H22Cl2N4O2S3/c1-14(2)25-21(30)26-5-7-27(8-6-26)32(28,29)20-9-15(13-24)3-4-19(20)31-18-11-16(22)10-17(23)12-18/h3-4,9-12,14H,5-8H2,1-2H3,(H,25,30). The van der Waals surface area contributed by atoms with Crippen molar-refractivity contribution in [1.82, 2.24) is 14.5 Å². The van der Waals surface area contributed by atoms with Gasteiger partial charge in [0.25, 0.3) is 0 Å². The van der Waals surface area contributed by atoms with E-state index in [-0.39, 0.29) is 16.5 Å². The van der Waals surface area contributed by atoms with Gasteiger partial charge in [0, 0.05) is 52.1 Å². The maximum atomic E-state index is 13.5. The Bertz CT molecular complexity index is 1140. The fourth-order valence-electron chi connectivity index (χ4n) is 3.19. The van der Waals surface area contributed by atoms with Gasteiger partial charge in [-0.2, -0.15) is 9.57 Å². The lowest BCUT2D eigenvalue weighted by Gasteiger charge is -2.36. The highest BCUT2D eigenvalue weighted by atomic mass is 35.5. The predicted octanol–water partition coefficient (Wildman–Crippen LogP) is 4.61. The lowest BCUT2D eigenvalue weighted by Crippen LogP contribution is -2.53. The number of rotatable bonds is 5. The van der Waals surface area contributed by atoms with Crippen LogP contribution in [0, 0.1) is 11.3 Å². The fourth-order valence-corrected chi connectivity index (χ4v) is 7.14. The molecule has 32 heavy (non-hydrogen) atoms. The molecule has 0 spiro atoms. The van der Waals surface area contributed by atoms with E-state index in [1.807, 2.05) is 24.8 Å². The highest BCUT2D eigenvalue weighted by molar-refractivity contribution is 8.00. The molecule has 0 atom stereocenters. The van der Waals surface area contributed by atoms with Crippen LogP contribution in [0.25, 0.3) is 0 Å². The SMILES string of the molecule is CC(C)NC(=S)N1CCN(S(=O)(=O)c2cc(C#N)ccc2Sc2cc(Cl)cc(Cl)c2)CC1. The summed E-state index contributed by atoms with van der Waals surface area (Å²) >= 11 is 18.8. The van der Waals surface area contributed by atoms with Crippen molar-refractivity contribution in [3.05, 3.63) is 52.0 Å². The molecule has 1 heterocycles. The maximum Gasteiger partial charge on any atom is 0.244 e. The predicted molar refractivity (Wildman–Crippen MR) is 133 cm³/mol. The number of nitrogens with zero attached hydrogens (tertiary/aromatic N) is 3. The fraction of sp³-hybridized carbons (Fsp3) is 0.333. The van der Waals surface area contributed by atoms with Crippen LogP contribution < -0.4 is 5.32 Å². The molecule has 0 aromatic heterocycles. The number of halogens is 2. The Hall–Kier alpha value is -1.54. The number of thiocarbonyl (C=S) groups is 1. The van der Waals surface area contributed by atoms with Gasteiger partial charge in [-0.25, -0.2) is 8.42 Å². The van der Waals surface area contributed by atoms with Gasteiger partial charge in [0.05, 0.1) is 16.5 Å². The first-order valence-corrected chi connectivity index (χ1v) is 13.3. The third-order valence-electron chi connectivity index (χ3n) is 4.69. The van der Waals surface area contributed by atoms with E-state index in [9.17, 15) is 13.7 Å². The molecular weight excluding hydrogens is 507 g/mol. The number of benzene rings is 2. The van der Waals surface area contributed by atoms with E-state index in [1.165, 1.54) is 22.1 Å². The second kappa shape index (κ2) is 10.6. The molecule has 0 saturated carbocycles. The molecule has 0 unspecified atom stereocenters. The van der Waals surface area contributed by atoms with Crippen LogP contribution in [-0.4, -0.2) is 55.0 Å². The number of sulfonamides is 1. The molecule has 6 nitrogen and oxygen atoms in total. The Labute approximate surface area is 208 Å². The zero-order valence-electron chi connectivity index (χ0n) is 17.5. The van der Waals surface area contributed by atoms with Crippen molar-refractivity contribution in [2.45, 2.75) is 34.6 Å². The number of hydrogen-bond donors (Lipinski definition) is 1. The molecule has 1 saturated heterocycles. The van der Waals surface area contributed by atoms with Gasteiger partial charge in [-0.3, -0.25) is 0 Å². The third kappa shape index (κ3) is 6.07. The van der Waals surface area contributed by atoms with Crippen molar-refractivity contribution < 1.29 is 8.42 Å². The van der Waals surface area contributed by atoms with Crippen molar-refractivity contribution in [2.75, 3.05) is 26.2 Å². The summed E-state index contributed by atoms with van der Waals surface area (Å²) in [6.45, 7) is 5.57. The normalized spacial score (nSPS) is 14.9. The molecule has 2 aromatic rings. The Kier molecular flexibility index (Phi) is 8.31. The van der Waals surface area contributed by atoms with E-state index in [2.05, 4.69) is 5.32 Å². The molecule has 0 radical (unpaired) electrons. The van der Waals surface area contributed by atoms with Crippen LogP contribution in [0.15, 0.2) is 51.1 Å². The number of hydrogen-bond acceptors (Lipinski definition) is 5. The summed E-state index contributed by atoms with van der Waals surface area (Å²) in [4.78, 5) is 3.27. The van der Waals surface area contributed by atoms with E-state index in [4.69, 9.17) is 35.4 Å². The number of piperazine rings is 1. The van der Waals surface area contributed by atoms with Gasteiger partial charge in [0.2, 0.25) is 10.0 Å². The average Bonchev–Trinajstić information content (AvgIpc) is 2.73. The minimum Gasteiger partial charge on any atom is -0.360 e. The minimum absolute atomic E-state index is 0.0916. The number of nitrogens with one attached hydrogen (secondary N) is 1. The Morgan fingerprint density at radius 3 is 2.31 bits per heavy atom. The Morgan fingerprint density at radius 1 is 1.12 bits per heavy atom. The van der Waals surface area contributed by atoms with E-state index in [0.29, 0.717) is 51.1 Å². The van der Waals surface area contributed by atoms with E-state index in [1.54, 1.807) is 30.3 Å². The Morgan fingerprint density at radius 2 is 1.75 bits per heavy atom. The van der Waals surface area contributed by atoms with Crippen LogP contribution in [0.5, 0.6) is 0 Å². The summed E-state index contributed by atoms with van der Waals surface area (Å²) in [5.74, 6) is 0. The van der Waals surface area contributed by atoms with Crippen molar-refractivity contribution >= 4 is 62.3 Å². The lowest BCUT2D eigenvalue weighted by atomic mass is 10.2. The van der Waals surface area contributed by atoms with Crippen LogP contribution in [0.1, 0.15) is 19.4 Å². The van der Waals surface area contributed by atoms with Crippen molar-refractivity contribution in [3.63, 3.8) is 0 Å². The highest BCUT2D eigenvalue weighted by Crippen LogP contribution is 2.37. The molecule has 1 aliphatic heterocycles. The summed E-state index contributed by atoms with van der Waals surface area (Å²) in [7, 11) is -3.83. The minimum atomic E-state index is -3.83. The quantitative estimate of drug-likeness (QED) is 0.567. The second-order valence-corrected chi connectivity index (χ2v) is 11.8. The van der Waals surface area contributed by atoms with Crippen LogP contribution >= 0.6 is 47.2 Å².